The molecule has 1 amide bonds. The summed E-state index contributed by atoms with van der Waals surface area (Å²) in [7, 11) is -3.14. The Balaban J connectivity index is 1.92. The van der Waals surface area contributed by atoms with Crippen LogP contribution in [0.15, 0.2) is 24.3 Å². The number of ether oxygens (including phenoxy) is 1. The molecule has 19 heavy (non-hydrogen) atoms. The molecule has 1 N–H and O–H groups in total. The van der Waals surface area contributed by atoms with Crippen LogP contribution in [-0.2, 0) is 14.6 Å². The molecule has 102 valence electrons. The van der Waals surface area contributed by atoms with Crippen molar-refractivity contribution in [1.82, 2.24) is 0 Å². The number of para-hydroxylation sites is 2. The van der Waals surface area contributed by atoms with E-state index in [9.17, 15) is 18.3 Å². The van der Waals surface area contributed by atoms with Crippen LogP contribution in [0.2, 0.25) is 0 Å². The van der Waals surface area contributed by atoms with Gasteiger partial charge in [-0.25, -0.2) is 13.2 Å². The Morgan fingerprint density at radius 3 is 2.68 bits per heavy atom. The van der Waals surface area contributed by atoms with Gasteiger partial charge in [0.25, 0.3) is 0 Å². The number of carbonyl (C=O) groups excluding carboxylic acids is 1. The van der Waals surface area contributed by atoms with Gasteiger partial charge in [-0.2, -0.15) is 0 Å². The fourth-order valence-corrected chi connectivity index (χ4v) is 4.52. The third-order valence-electron chi connectivity index (χ3n) is 3.49. The number of hydrogen-bond donors (Lipinski definition) is 1. The van der Waals surface area contributed by atoms with Gasteiger partial charge in [-0.15, -0.1) is 0 Å². The summed E-state index contributed by atoms with van der Waals surface area (Å²) in [6.07, 6.45) is -0.302. The van der Waals surface area contributed by atoms with E-state index in [2.05, 4.69) is 0 Å². The molecule has 7 heteroatoms. The number of amides is 1. The zero-order valence-corrected chi connectivity index (χ0v) is 10.9. The highest BCUT2D eigenvalue weighted by Crippen LogP contribution is 2.38. The van der Waals surface area contributed by atoms with Gasteiger partial charge in [0.15, 0.2) is 9.84 Å². The van der Waals surface area contributed by atoms with Crippen molar-refractivity contribution in [3.63, 3.8) is 0 Å². The number of rotatable bonds is 1. The van der Waals surface area contributed by atoms with Crippen LogP contribution in [0.3, 0.4) is 0 Å². The van der Waals surface area contributed by atoms with E-state index < -0.39 is 21.5 Å². The Morgan fingerprint density at radius 2 is 2.05 bits per heavy atom. The maximum Gasteiger partial charge on any atom is 0.415 e. The van der Waals surface area contributed by atoms with Gasteiger partial charge in [0.1, 0.15) is 11.4 Å². The fourth-order valence-electron chi connectivity index (χ4n) is 2.59. The highest BCUT2D eigenvalue weighted by molar-refractivity contribution is 7.91. The maximum atomic E-state index is 11.9. The lowest BCUT2D eigenvalue weighted by Gasteiger charge is -2.18. The summed E-state index contributed by atoms with van der Waals surface area (Å²) in [5, 5.41) is 9.75. The number of aromatic hydroxyl groups is 1. The molecule has 0 aromatic heterocycles. The van der Waals surface area contributed by atoms with E-state index in [1.54, 1.807) is 18.2 Å². The van der Waals surface area contributed by atoms with Crippen molar-refractivity contribution < 1.29 is 23.1 Å². The molecular formula is C12H13NO5S. The topological polar surface area (TPSA) is 83.9 Å². The molecule has 1 aromatic carbocycles. The molecule has 2 fully saturated rings. The number of carbonyl (C=O) groups is 1. The van der Waals surface area contributed by atoms with Gasteiger partial charge in [-0.1, -0.05) is 12.1 Å². The predicted molar refractivity (Wildman–Crippen MR) is 67.9 cm³/mol. The lowest BCUT2D eigenvalue weighted by Crippen LogP contribution is -2.35. The van der Waals surface area contributed by atoms with Crippen LogP contribution >= 0.6 is 0 Å². The summed E-state index contributed by atoms with van der Waals surface area (Å²) in [6.45, 7) is 0.155. The second-order valence-corrected chi connectivity index (χ2v) is 7.15. The lowest BCUT2D eigenvalue weighted by molar-refractivity contribution is 0.0779. The van der Waals surface area contributed by atoms with Crippen molar-refractivity contribution in [2.24, 2.45) is 0 Å². The van der Waals surface area contributed by atoms with Gasteiger partial charge in [0, 0.05) is 6.42 Å². The monoisotopic (exact) mass is 283 g/mol. The summed E-state index contributed by atoms with van der Waals surface area (Å²) < 4.78 is 28.4. The van der Waals surface area contributed by atoms with Crippen molar-refractivity contribution in [3.8, 4) is 5.75 Å². The Morgan fingerprint density at radius 1 is 1.32 bits per heavy atom. The van der Waals surface area contributed by atoms with Crippen molar-refractivity contribution in [2.75, 3.05) is 23.0 Å². The first kappa shape index (κ1) is 12.3. The molecule has 6 nitrogen and oxygen atoms in total. The number of phenols is 1. The van der Waals surface area contributed by atoms with Gasteiger partial charge < -0.3 is 9.84 Å². The van der Waals surface area contributed by atoms with Gasteiger partial charge >= 0.3 is 6.09 Å². The minimum absolute atomic E-state index is 0.0302. The highest BCUT2D eigenvalue weighted by atomic mass is 32.2. The summed E-state index contributed by atoms with van der Waals surface area (Å²) in [6, 6.07) is 6.41. The second-order valence-electron chi connectivity index (χ2n) is 4.97. The molecule has 0 bridgehead atoms. The predicted octanol–water partition coefficient (Wildman–Crippen LogP) is 0.906. The zero-order chi connectivity index (χ0) is 13.7. The molecule has 2 heterocycles. The Hall–Kier alpha value is -1.76. The molecule has 1 unspecified atom stereocenters. The number of sulfone groups is 1. The Labute approximate surface area is 110 Å². The van der Waals surface area contributed by atoms with Crippen LogP contribution in [-0.4, -0.2) is 43.3 Å². The van der Waals surface area contributed by atoms with Gasteiger partial charge in [0.2, 0.25) is 0 Å². The third kappa shape index (κ3) is 2.03. The van der Waals surface area contributed by atoms with E-state index in [0.29, 0.717) is 12.1 Å². The first-order valence-corrected chi connectivity index (χ1v) is 7.72. The number of phenolic OH excluding ortho intramolecular Hbond substituents is 1. The molecule has 0 saturated carbocycles. The molecular weight excluding hydrogens is 270 g/mol. The lowest BCUT2D eigenvalue weighted by atomic mass is 10.0. The number of anilines is 1. The molecule has 2 aliphatic heterocycles. The van der Waals surface area contributed by atoms with Crippen molar-refractivity contribution in [2.45, 2.75) is 12.0 Å². The average molecular weight is 283 g/mol. The summed E-state index contributed by atoms with van der Waals surface area (Å²) in [4.78, 5) is 13.2. The van der Waals surface area contributed by atoms with Crippen molar-refractivity contribution >= 4 is 21.6 Å². The number of hydrogen-bond acceptors (Lipinski definition) is 5. The van der Waals surface area contributed by atoms with E-state index >= 15 is 0 Å². The largest absolute Gasteiger partial charge is 0.506 e. The quantitative estimate of drug-likeness (QED) is 0.828. The average Bonchev–Trinajstić information content (AvgIpc) is 2.80. The number of nitrogens with zero attached hydrogens (tertiary/aromatic N) is 1. The third-order valence-corrected chi connectivity index (χ3v) is 5.29. The van der Waals surface area contributed by atoms with Crippen LogP contribution in [0.5, 0.6) is 5.75 Å². The van der Waals surface area contributed by atoms with Crippen molar-refractivity contribution in [1.29, 1.82) is 0 Å². The van der Waals surface area contributed by atoms with Crippen LogP contribution in [0.4, 0.5) is 10.5 Å². The van der Waals surface area contributed by atoms with E-state index in [4.69, 9.17) is 4.74 Å². The number of benzene rings is 1. The van der Waals surface area contributed by atoms with Gasteiger partial charge in [-0.05, 0) is 12.1 Å². The molecule has 1 aromatic rings. The molecule has 1 atom stereocenters. The molecule has 2 aliphatic rings. The van der Waals surface area contributed by atoms with Crippen LogP contribution in [0.1, 0.15) is 6.42 Å². The van der Waals surface area contributed by atoms with Crippen LogP contribution in [0.25, 0.3) is 0 Å². The Kier molecular flexibility index (Phi) is 2.50. The van der Waals surface area contributed by atoms with Crippen molar-refractivity contribution in [3.05, 3.63) is 24.3 Å². The Bertz CT molecular complexity index is 641. The molecule has 1 spiro atoms. The first-order valence-electron chi connectivity index (χ1n) is 5.90. The summed E-state index contributed by atoms with van der Waals surface area (Å²) in [5.41, 5.74) is -0.619. The smallest absolute Gasteiger partial charge is 0.415 e. The van der Waals surface area contributed by atoms with Crippen LogP contribution in [0, 0.1) is 0 Å². The minimum Gasteiger partial charge on any atom is -0.506 e. The van der Waals surface area contributed by atoms with E-state index in [1.807, 2.05) is 0 Å². The molecule has 0 radical (unpaired) electrons. The highest BCUT2D eigenvalue weighted by Gasteiger charge is 2.53. The summed E-state index contributed by atoms with van der Waals surface area (Å²) >= 11 is 0. The van der Waals surface area contributed by atoms with Crippen LogP contribution < -0.4 is 4.90 Å². The first-order chi connectivity index (χ1) is 8.91. The zero-order valence-electron chi connectivity index (χ0n) is 10.1. The standard InChI is InChI=1S/C12H13NO5S/c14-10-4-2-1-3-9(10)13-7-12(18-11(13)15)5-6-19(16,17)8-12/h1-4,14H,5-8H2. The van der Waals surface area contributed by atoms with E-state index in [1.165, 1.54) is 11.0 Å². The maximum absolute atomic E-state index is 11.9. The molecule has 0 aliphatic carbocycles. The molecule has 3 rings (SSSR count). The molecule has 2 saturated heterocycles. The second kappa shape index (κ2) is 3.86. The SMILES string of the molecule is O=C1OC2(CCS(=O)(=O)C2)CN1c1ccccc1O. The van der Waals surface area contributed by atoms with E-state index in [-0.39, 0.29) is 23.8 Å². The van der Waals surface area contributed by atoms with Gasteiger partial charge in [0.05, 0.1) is 23.7 Å². The van der Waals surface area contributed by atoms with E-state index in [0.717, 1.165) is 0 Å². The van der Waals surface area contributed by atoms with Gasteiger partial charge in [-0.3, -0.25) is 4.90 Å². The normalized spacial score (nSPS) is 28.8. The minimum atomic E-state index is -3.14. The summed E-state index contributed by atoms with van der Waals surface area (Å²) in [5.74, 6) is -0.137. The fraction of sp³-hybridized carbons (Fsp3) is 0.417.